The van der Waals surface area contributed by atoms with Gasteiger partial charge in [-0.1, -0.05) is 0 Å². The molecule has 0 amide bonds. The van der Waals surface area contributed by atoms with Crippen LogP contribution in [-0.4, -0.2) is 47.6 Å². The molecule has 0 saturated carbocycles. The molecule has 0 N–H and O–H groups in total. The van der Waals surface area contributed by atoms with Crippen molar-refractivity contribution >= 4 is 38.4 Å². The molecule has 8 heteroatoms. The van der Waals surface area contributed by atoms with E-state index in [1.54, 1.807) is 7.11 Å². The third kappa shape index (κ3) is 3.33. The Morgan fingerprint density at radius 3 is 2.76 bits per heavy atom. The first kappa shape index (κ1) is 14.7. The Hall–Kier alpha value is -1.25. The number of anilines is 2. The predicted molar refractivity (Wildman–Crippen MR) is 87.0 cm³/mol. The van der Waals surface area contributed by atoms with Crippen molar-refractivity contribution in [2.75, 3.05) is 43.1 Å². The molecule has 0 radical (unpaired) electrons. The fourth-order valence-corrected chi connectivity index (χ4v) is 3.51. The number of piperazine rings is 1. The molecule has 1 aliphatic heterocycles. The van der Waals surface area contributed by atoms with Crippen molar-refractivity contribution in [2.24, 2.45) is 0 Å². The average Bonchev–Trinajstić information content (AvgIpc) is 2.97. The van der Waals surface area contributed by atoms with Gasteiger partial charge < -0.3 is 14.5 Å². The molecule has 0 spiro atoms. The minimum atomic E-state index is 0.470. The Morgan fingerprint density at radius 1 is 1.29 bits per heavy atom. The van der Waals surface area contributed by atoms with Crippen molar-refractivity contribution < 1.29 is 4.74 Å². The molecule has 1 saturated heterocycles. The van der Waals surface area contributed by atoms with Crippen molar-refractivity contribution in [3.8, 4) is 0 Å². The van der Waals surface area contributed by atoms with Gasteiger partial charge >= 0.3 is 0 Å². The first-order valence-corrected chi connectivity index (χ1v) is 8.26. The monoisotopic (exact) mass is 369 g/mol. The summed E-state index contributed by atoms with van der Waals surface area (Å²) in [6, 6.07) is 3.96. The fourth-order valence-electron chi connectivity index (χ4n) is 2.28. The second-order valence-corrected chi connectivity index (χ2v) is 6.29. The Bertz CT molecular complexity index is 600. The molecule has 3 heterocycles. The molecular formula is C13H16BrN5OS. The molecular weight excluding hydrogens is 354 g/mol. The van der Waals surface area contributed by atoms with Gasteiger partial charge in [-0.05, 0) is 28.1 Å². The molecule has 112 valence electrons. The lowest BCUT2D eigenvalue weighted by atomic mass is 10.3. The van der Waals surface area contributed by atoms with Gasteiger partial charge in [0.1, 0.15) is 12.4 Å². The maximum absolute atomic E-state index is 5.06. The summed E-state index contributed by atoms with van der Waals surface area (Å²) in [6.07, 6.45) is 1.83. The molecule has 6 nitrogen and oxygen atoms in total. The van der Waals surface area contributed by atoms with Crippen molar-refractivity contribution in [3.05, 3.63) is 28.6 Å². The van der Waals surface area contributed by atoms with Crippen LogP contribution in [0.2, 0.25) is 0 Å². The number of ether oxygens (including phenoxy) is 1. The third-order valence-electron chi connectivity index (χ3n) is 3.32. The van der Waals surface area contributed by atoms with Crippen LogP contribution in [0.15, 0.2) is 22.8 Å². The highest BCUT2D eigenvalue weighted by atomic mass is 79.9. The number of hydrogen-bond donors (Lipinski definition) is 0. The van der Waals surface area contributed by atoms with Crippen molar-refractivity contribution in [2.45, 2.75) is 6.61 Å². The predicted octanol–water partition coefficient (Wildman–Crippen LogP) is 2.17. The van der Waals surface area contributed by atoms with Crippen LogP contribution < -0.4 is 9.80 Å². The van der Waals surface area contributed by atoms with Gasteiger partial charge in [0.25, 0.3) is 0 Å². The van der Waals surface area contributed by atoms with E-state index in [1.807, 2.05) is 18.3 Å². The SMILES string of the molecule is COCc1nsc(N2CCN(c3ncccc3Br)CC2)n1. The molecule has 2 aromatic rings. The van der Waals surface area contributed by atoms with Crippen LogP contribution in [0.3, 0.4) is 0 Å². The van der Waals surface area contributed by atoms with Crippen LogP contribution in [0.5, 0.6) is 0 Å². The fraction of sp³-hybridized carbons (Fsp3) is 0.462. The number of rotatable bonds is 4. The van der Waals surface area contributed by atoms with Gasteiger partial charge in [0.2, 0.25) is 5.13 Å². The summed E-state index contributed by atoms with van der Waals surface area (Å²) in [6.45, 7) is 4.16. The van der Waals surface area contributed by atoms with Gasteiger partial charge in [0.05, 0.1) is 4.47 Å². The maximum Gasteiger partial charge on any atom is 0.205 e. The highest BCUT2D eigenvalue weighted by Crippen LogP contribution is 2.25. The van der Waals surface area contributed by atoms with Gasteiger partial charge in [-0.3, -0.25) is 0 Å². The second kappa shape index (κ2) is 6.67. The van der Waals surface area contributed by atoms with Crippen molar-refractivity contribution in [1.29, 1.82) is 0 Å². The first-order valence-electron chi connectivity index (χ1n) is 6.70. The van der Waals surface area contributed by atoms with Gasteiger partial charge in [0.15, 0.2) is 5.82 Å². The van der Waals surface area contributed by atoms with E-state index in [1.165, 1.54) is 11.5 Å². The van der Waals surface area contributed by atoms with Crippen molar-refractivity contribution in [3.63, 3.8) is 0 Å². The second-order valence-electron chi connectivity index (χ2n) is 4.71. The van der Waals surface area contributed by atoms with Crippen LogP contribution in [0.1, 0.15) is 5.82 Å². The summed E-state index contributed by atoms with van der Waals surface area (Å²) in [5.74, 6) is 1.77. The molecule has 0 aromatic carbocycles. The molecule has 2 aromatic heterocycles. The standard InChI is InChI=1S/C13H16BrN5OS/c1-20-9-11-16-13(21-17-11)19-7-5-18(6-8-19)12-10(14)3-2-4-15-12/h2-4H,5-9H2,1H3. The van der Waals surface area contributed by atoms with Crippen LogP contribution in [0.4, 0.5) is 10.9 Å². The van der Waals surface area contributed by atoms with E-state index in [0.717, 1.165) is 47.4 Å². The lowest BCUT2D eigenvalue weighted by Gasteiger charge is -2.35. The molecule has 1 aliphatic rings. The highest BCUT2D eigenvalue weighted by molar-refractivity contribution is 9.10. The van der Waals surface area contributed by atoms with E-state index in [9.17, 15) is 0 Å². The van der Waals surface area contributed by atoms with Gasteiger partial charge in [-0.15, -0.1) is 0 Å². The van der Waals surface area contributed by atoms with Crippen LogP contribution >= 0.6 is 27.5 Å². The third-order valence-corrected chi connectivity index (χ3v) is 4.75. The van der Waals surface area contributed by atoms with Crippen LogP contribution in [-0.2, 0) is 11.3 Å². The minimum Gasteiger partial charge on any atom is -0.377 e. The van der Waals surface area contributed by atoms with E-state index < -0.39 is 0 Å². The number of methoxy groups -OCH3 is 1. The molecule has 0 aliphatic carbocycles. The lowest BCUT2D eigenvalue weighted by Crippen LogP contribution is -2.47. The highest BCUT2D eigenvalue weighted by Gasteiger charge is 2.21. The van der Waals surface area contributed by atoms with Gasteiger partial charge in [-0.25, -0.2) is 9.97 Å². The Morgan fingerprint density at radius 2 is 2.05 bits per heavy atom. The number of aromatic nitrogens is 3. The molecule has 21 heavy (non-hydrogen) atoms. The van der Waals surface area contributed by atoms with Gasteiger partial charge in [0, 0.05) is 51.0 Å². The first-order chi connectivity index (χ1) is 10.3. The van der Waals surface area contributed by atoms with E-state index in [2.05, 4.69) is 40.1 Å². The lowest BCUT2D eigenvalue weighted by molar-refractivity contribution is 0.179. The maximum atomic E-state index is 5.06. The van der Waals surface area contributed by atoms with E-state index in [4.69, 9.17) is 4.74 Å². The van der Waals surface area contributed by atoms with Crippen LogP contribution in [0.25, 0.3) is 0 Å². The van der Waals surface area contributed by atoms with E-state index in [0.29, 0.717) is 6.61 Å². The Kier molecular flexibility index (Phi) is 4.67. The summed E-state index contributed by atoms with van der Waals surface area (Å²) < 4.78 is 10.4. The van der Waals surface area contributed by atoms with Gasteiger partial charge in [-0.2, -0.15) is 4.37 Å². The Labute approximate surface area is 136 Å². The quantitative estimate of drug-likeness (QED) is 0.822. The minimum absolute atomic E-state index is 0.470. The zero-order valence-corrected chi connectivity index (χ0v) is 14.1. The zero-order valence-electron chi connectivity index (χ0n) is 11.7. The zero-order chi connectivity index (χ0) is 14.7. The summed E-state index contributed by atoms with van der Waals surface area (Å²) in [7, 11) is 1.66. The summed E-state index contributed by atoms with van der Waals surface area (Å²) in [4.78, 5) is 13.5. The van der Waals surface area contributed by atoms with E-state index >= 15 is 0 Å². The topological polar surface area (TPSA) is 54.4 Å². The number of nitrogens with zero attached hydrogens (tertiary/aromatic N) is 5. The number of pyridine rings is 1. The number of hydrogen-bond acceptors (Lipinski definition) is 7. The summed E-state index contributed by atoms with van der Waals surface area (Å²) in [5.41, 5.74) is 0. The Balaban J connectivity index is 1.63. The molecule has 3 rings (SSSR count). The molecule has 0 bridgehead atoms. The molecule has 0 unspecified atom stereocenters. The number of halogens is 1. The van der Waals surface area contributed by atoms with E-state index in [-0.39, 0.29) is 0 Å². The van der Waals surface area contributed by atoms with Crippen LogP contribution in [0, 0.1) is 0 Å². The molecule has 0 atom stereocenters. The summed E-state index contributed by atoms with van der Waals surface area (Å²) in [5, 5.41) is 0.974. The van der Waals surface area contributed by atoms with Crippen molar-refractivity contribution in [1.82, 2.24) is 14.3 Å². The molecule has 1 fully saturated rings. The summed E-state index contributed by atoms with van der Waals surface area (Å²) >= 11 is 5.00. The normalized spacial score (nSPS) is 15.5. The largest absolute Gasteiger partial charge is 0.377 e. The average molecular weight is 370 g/mol. The smallest absolute Gasteiger partial charge is 0.205 e.